The van der Waals surface area contributed by atoms with Crippen LogP contribution in [0.25, 0.3) is 0 Å². The Morgan fingerprint density at radius 1 is 1.21 bits per heavy atom. The van der Waals surface area contributed by atoms with E-state index in [1.807, 2.05) is 35.2 Å². The lowest BCUT2D eigenvalue weighted by Crippen LogP contribution is -2.43. The summed E-state index contributed by atoms with van der Waals surface area (Å²) in [6.45, 7) is 7.12. The average molecular weight is 330 g/mol. The molecule has 0 unspecified atom stereocenters. The summed E-state index contributed by atoms with van der Waals surface area (Å²) in [7, 11) is 0. The highest BCUT2D eigenvalue weighted by Gasteiger charge is 2.28. The maximum absolute atomic E-state index is 12.4. The van der Waals surface area contributed by atoms with Crippen LogP contribution < -0.4 is 5.32 Å². The van der Waals surface area contributed by atoms with E-state index in [4.69, 9.17) is 4.74 Å². The highest BCUT2D eigenvalue weighted by atomic mass is 16.5. The van der Waals surface area contributed by atoms with Gasteiger partial charge in [0.05, 0.1) is 18.6 Å². The summed E-state index contributed by atoms with van der Waals surface area (Å²) in [5.74, 6) is 0.843. The number of hydrogen-bond donors (Lipinski definition) is 1. The fourth-order valence-corrected chi connectivity index (χ4v) is 4.01. The lowest BCUT2D eigenvalue weighted by molar-refractivity contribution is -0.129. The van der Waals surface area contributed by atoms with Gasteiger partial charge in [-0.2, -0.15) is 0 Å². The van der Waals surface area contributed by atoms with Crippen molar-refractivity contribution in [2.24, 2.45) is 5.92 Å². The van der Waals surface area contributed by atoms with Crippen molar-refractivity contribution >= 4 is 5.91 Å². The van der Waals surface area contributed by atoms with Crippen LogP contribution in [-0.4, -0.2) is 48.7 Å². The van der Waals surface area contributed by atoms with Gasteiger partial charge in [0, 0.05) is 19.1 Å². The largest absolute Gasteiger partial charge is 0.375 e. The van der Waals surface area contributed by atoms with Gasteiger partial charge in [-0.15, -0.1) is 0 Å². The molecular weight excluding hydrogens is 300 g/mol. The number of rotatable bonds is 5. The Kier molecular flexibility index (Phi) is 5.90. The van der Waals surface area contributed by atoms with Crippen LogP contribution in [0.15, 0.2) is 30.3 Å². The molecule has 0 aromatic heterocycles. The Labute approximate surface area is 145 Å². The Hall–Kier alpha value is -1.39. The molecule has 1 aromatic rings. The Balaban J connectivity index is 1.41. The number of nitrogens with one attached hydrogen (secondary N) is 1. The van der Waals surface area contributed by atoms with Crippen LogP contribution in [0.3, 0.4) is 0 Å². The van der Waals surface area contributed by atoms with Crippen LogP contribution in [0, 0.1) is 5.92 Å². The lowest BCUT2D eigenvalue weighted by Gasteiger charge is -2.33. The van der Waals surface area contributed by atoms with E-state index in [9.17, 15) is 4.79 Å². The second-order valence-electron chi connectivity index (χ2n) is 7.49. The molecule has 2 saturated heterocycles. The minimum Gasteiger partial charge on any atom is -0.375 e. The van der Waals surface area contributed by atoms with Crippen molar-refractivity contribution in [1.82, 2.24) is 10.2 Å². The van der Waals surface area contributed by atoms with E-state index in [-0.39, 0.29) is 5.91 Å². The van der Waals surface area contributed by atoms with Crippen LogP contribution in [0.4, 0.5) is 0 Å². The van der Waals surface area contributed by atoms with Crippen molar-refractivity contribution in [3.8, 4) is 0 Å². The van der Waals surface area contributed by atoms with Crippen molar-refractivity contribution in [1.29, 1.82) is 0 Å². The number of hydrogen-bond acceptors (Lipinski definition) is 3. The molecule has 2 aliphatic rings. The van der Waals surface area contributed by atoms with Crippen LogP contribution in [0.5, 0.6) is 0 Å². The van der Waals surface area contributed by atoms with Crippen molar-refractivity contribution in [2.75, 3.05) is 19.6 Å². The lowest BCUT2D eigenvalue weighted by atomic mass is 9.99. The van der Waals surface area contributed by atoms with Gasteiger partial charge in [-0.1, -0.05) is 30.3 Å². The van der Waals surface area contributed by atoms with Crippen LogP contribution in [0.1, 0.15) is 38.7 Å². The SMILES string of the molecule is C[C@@H]1CC(NC[C@@H]2CCN(C(=O)Cc3ccccc3)C2)C[C@@H](C)O1. The quantitative estimate of drug-likeness (QED) is 0.902. The predicted molar refractivity (Wildman–Crippen MR) is 95.9 cm³/mol. The van der Waals surface area contributed by atoms with E-state index in [1.54, 1.807) is 0 Å². The summed E-state index contributed by atoms with van der Waals surface area (Å²) >= 11 is 0. The highest BCUT2D eigenvalue weighted by Crippen LogP contribution is 2.21. The van der Waals surface area contributed by atoms with E-state index in [1.165, 1.54) is 0 Å². The van der Waals surface area contributed by atoms with Gasteiger partial charge in [-0.25, -0.2) is 0 Å². The minimum atomic E-state index is 0.261. The summed E-state index contributed by atoms with van der Waals surface area (Å²) in [5, 5.41) is 3.72. The molecule has 4 heteroatoms. The summed E-state index contributed by atoms with van der Waals surface area (Å²) in [4.78, 5) is 14.5. The highest BCUT2D eigenvalue weighted by molar-refractivity contribution is 5.79. The molecular formula is C20H30N2O2. The van der Waals surface area contributed by atoms with Crippen LogP contribution >= 0.6 is 0 Å². The number of carbonyl (C=O) groups is 1. The van der Waals surface area contributed by atoms with Crippen molar-refractivity contribution in [3.63, 3.8) is 0 Å². The average Bonchev–Trinajstić information content (AvgIpc) is 3.02. The normalized spacial score (nSPS) is 30.5. The summed E-state index contributed by atoms with van der Waals surface area (Å²) in [5.41, 5.74) is 1.11. The number of ether oxygens (including phenoxy) is 1. The van der Waals surface area contributed by atoms with Crippen molar-refractivity contribution in [3.05, 3.63) is 35.9 Å². The first-order chi connectivity index (χ1) is 11.6. The predicted octanol–water partition coefficient (Wildman–Crippen LogP) is 2.62. The maximum atomic E-state index is 12.4. The third-order valence-corrected chi connectivity index (χ3v) is 5.23. The topological polar surface area (TPSA) is 41.6 Å². The molecule has 3 atom stereocenters. The van der Waals surface area contributed by atoms with Gasteiger partial charge in [0.2, 0.25) is 5.91 Å². The van der Waals surface area contributed by atoms with Gasteiger partial charge in [-0.05, 0) is 51.1 Å². The molecule has 1 N–H and O–H groups in total. The molecule has 4 nitrogen and oxygen atoms in total. The van der Waals surface area contributed by atoms with E-state index in [0.717, 1.165) is 44.5 Å². The van der Waals surface area contributed by atoms with Gasteiger partial charge >= 0.3 is 0 Å². The van der Waals surface area contributed by atoms with E-state index >= 15 is 0 Å². The number of amides is 1. The van der Waals surface area contributed by atoms with Gasteiger partial charge in [0.15, 0.2) is 0 Å². The van der Waals surface area contributed by atoms with E-state index < -0.39 is 0 Å². The standard InChI is InChI=1S/C20H30N2O2/c1-15-10-19(11-16(2)24-15)21-13-18-8-9-22(14-18)20(23)12-17-6-4-3-5-7-17/h3-7,15-16,18-19,21H,8-14H2,1-2H3/t15-,16-,18+/m1/s1. The second kappa shape index (κ2) is 8.13. The molecule has 2 fully saturated rings. The zero-order valence-electron chi connectivity index (χ0n) is 14.9. The molecule has 0 spiro atoms. The molecule has 1 amide bonds. The molecule has 0 aliphatic carbocycles. The monoisotopic (exact) mass is 330 g/mol. The van der Waals surface area contributed by atoms with Crippen molar-refractivity contribution in [2.45, 2.75) is 57.8 Å². The molecule has 0 radical (unpaired) electrons. The van der Waals surface area contributed by atoms with E-state index in [2.05, 4.69) is 19.2 Å². The second-order valence-corrected chi connectivity index (χ2v) is 7.49. The molecule has 0 bridgehead atoms. The minimum absolute atomic E-state index is 0.261. The van der Waals surface area contributed by atoms with Crippen LogP contribution in [0.2, 0.25) is 0 Å². The van der Waals surface area contributed by atoms with Gasteiger partial charge in [0.25, 0.3) is 0 Å². The summed E-state index contributed by atoms with van der Waals surface area (Å²) < 4.78 is 5.80. The summed E-state index contributed by atoms with van der Waals surface area (Å²) in [6.07, 6.45) is 4.51. The van der Waals surface area contributed by atoms with Gasteiger partial charge < -0.3 is 15.0 Å². The summed E-state index contributed by atoms with van der Waals surface area (Å²) in [6, 6.07) is 10.6. The molecule has 132 valence electrons. The third kappa shape index (κ3) is 4.81. The number of carbonyl (C=O) groups excluding carboxylic acids is 1. The van der Waals surface area contributed by atoms with Gasteiger partial charge in [0.1, 0.15) is 0 Å². The smallest absolute Gasteiger partial charge is 0.226 e. The Morgan fingerprint density at radius 3 is 2.62 bits per heavy atom. The van der Waals surface area contributed by atoms with Gasteiger partial charge in [-0.3, -0.25) is 4.79 Å². The van der Waals surface area contributed by atoms with Crippen molar-refractivity contribution < 1.29 is 9.53 Å². The first kappa shape index (κ1) is 17.4. The fraction of sp³-hybridized carbons (Fsp3) is 0.650. The molecule has 2 heterocycles. The first-order valence-electron chi connectivity index (χ1n) is 9.30. The molecule has 2 aliphatic heterocycles. The first-order valence-corrected chi connectivity index (χ1v) is 9.30. The molecule has 0 saturated carbocycles. The zero-order valence-corrected chi connectivity index (χ0v) is 14.9. The Morgan fingerprint density at radius 2 is 1.92 bits per heavy atom. The third-order valence-electron chi connectivity index (χ3n) is 5.23. The number of benzene rings is 1. The number of nitrogens with zero attached hydrogens (tertiary/aromatic N) is 1. The molecule has 1 aromatic carbocycles. The zero-order chi connectivity index (χ0) is 16.9. The van der Waals surface area contributed by atoms with E-state index in [0.29, 0.717) is 30.6 Å². The van der Waals surface area contributed by atoms with Crippen LogP contribution in [-0.2, 0) is 16.0 Å². The maximum Gasteiger partial charge on any atom is 0.226 e. The molecule has 24 heavy (non-hydrogen) atoms. The number of likely N-dealkylation sites (tertiary alicyclic amines) is 1. The Bertz CT molecular complexity index is 524. The molecule has 3 rings (SSSR count). The fourth-order valence-electron chi connectivity index (χ4n) is 4.01.